The van der Waals surface area contributed by atoms with Crippen molar-refractivity contribution in [3.8, 4) is 6.07 Å². The summed E-state index contributed by atoms with van der Waals surface area (Å²) in [4.78, 5) is 2.54. The van der Waals surface area contributed by atoms with Crippen LogP contribution < -0.4 is 10.6 Å². The molecule has 23 heavy (non-hydrogen) atoms. The Balaban J connectivity index is 2.17. The van der Waals surface area contributed by atoms with Gasteiger partial charge in [0.1, 0.15) is 0 Å². The highest BCUT2D eigenvalue weighted by Gasteiger charge is 2.02. The Bertz CT molecular complexity index is 487. The molecule has 1 aromatic rings. The lowest BCUT2D eigenvalue weighted by Gasteiger charge is -2.20. The predicted octanol–water partition coefficient (Wildman–Crippen LogP) is 3.75. The van der Waals surface area contributed by atoms with Crippen LogP contribution in [0.2, 0.25) is 0 Å². The molecular formula is C18H28N4S. The van der Waals surface area contributed by atoms with E-state index in [1.165, 1.54) is 38.9 Å². The van der Waals surface area contributed by atoms with E-state index < -0.39 is 0 Å². The summed E-state index contributed by atoms with van der Waals surface area (Å²) in [7, 11) is 0. The highest BCUT2D eigenvalue weighted by molar-refractivity contribution is 7.80. The highest BCUT2D eigenvalue weighted by Crippen LogP contribution is 2.08. The van der Waals surface area contributed by atoms with E-state index in [0.29, 0.717) is 10.7 Å². The average molecular weight is 333 g/mol. The molecule has 0 aliphatic heterocycles. The van der Waals surface area contributed by atoms with Crippen molar-refractivity contribution in [2.45, 2.75) is 39.5 Å². The van der Waals surface area contributed by atoms with E-state index in [0.717, 1.165) is 18.7 Å². The quantitative estimate of drug-likeness (QED) is 0.505. The maximum Gasteiger partial charge on any atom is 0.170 e. The van der Waals surface area contributed by atoms with Gasteiger partial charge in [0.2, 0.25) is 0 Å². The summed E-state index contributed by atoms with van der Waals surface area (Å²) in [6, 6.07) is 9.38. The Morgan fingerprint density at radius 1 is 1.09 bits per heavy atom. The number of benzene rings is 1. The Kier molecular flexibility index (Phi) is 10.0. The van der Waals surface area contributed by atoms with Crippen LogP contribution in [0.15, 0.2) is 24.3 Å². The van der Waals surface area contributed by atoms with Crippen molar-refractivity contribution in [2.75, 3.05) is 31.5 Å². The van der Waals surface area contributed by atoms with Crippen molar-refractivity contribution in [3.63, 3.8) is 0 Å². The highest BCUT2D eigenvalue weighted by atomic mass is 32.1. The second-order valence-corrected chi connectivity index (χ2v) is 6.03. The van der Waals surface area contributed by atoms with Gasteiger partial charge in [0.15, 0.2) is 5.11 Å². The molecule has 5 heteroatoms. The lowest BCUT2D eigenvalue weighted by Crippen LogP contribution is -2.30. The average Bonchev–Trinajstić information content (AvgIpc) is 2.55. The van der Waals surface area contributed by atoms with Crippen molar-refractivity contribution in [1.82, 2.24) is 10.2 Å². The van der Waals surface area contributed by atoms with E-state index in [9.17, 15) is 0 Å². The van der Waals surface area contributed by atoms with Crippen LogP contribution >= 0.6 is 12.2 Å². The molecule has 0 heterocycles. The molecule has 0 fully saturated rings. The van der Waals surface area contributed by atoms with Gasteiger partial charge in [0.25, 0.3) is 0 Å². The Morgan fingerprint density at radius 3 is 2.30 bits per heavy atom. The van der Waals surface area contributed by atoms with Crippen LogP contribution in [0, 0.1) is 11.3 Å². The minimum Gasteiger partial charge on any atom is -0.362 e. The molecule has 0 aliphatic rings. The van der Waals surface area contributed by atoms with Gasteiger partial charge < -0.3 is 15.5 Å². The lowest BCUT2D eigenvalue weighted by atomic mass is 10.2. The zero-order chi connectivity index (χ0) is 16.9. The topological polar surface area (TPSA) is 51.1 Å². The number of anilines is 1. The molecule has 0 unspecified atom stereocenters. The standard InChI is InChI=1S/C18H28N4S/c1-3-12-22(13-4-2)14-6-5-11-20-18(23)21-17-9-7-16(15-19)8-10-17/h7-10H,3-6,11-14H2,1-2H3,(H2,20,21,23). The molecule has 0 atom stereocenters. The molecule has 126 valence electrons. The molecule has 0 amide bonds. The number of hydrogen-bond donors (Lipinski definition) is 2. The Hall–Kier alpha value is -1.64. The fourth-order valence-corrected chi connectivity index (χ4v) is 2.65. The Labute approximate surface area is 145 Å². The fourth-order valence-electron chi connectivity index (χ4n) is 2.43. The molecule has 0 saturated heterocycles. The first-order chi connectivity index (χ1) is 11.2. The van der Waals surface area contributed by atoms with Crippen molar-refractivity contribution in [1.29, 1.82) is 5.26 Å². The third-order valence-electron chi connectivity index (χ3n) is 3.54. The largest absolute Gasteiger partial charge is 0.362 e. The third kappa shape index (κ3) is 8.53. The van der Waals surface area contributed by atoms with Gasteiger partial charge in [-0.2, -0.15) is 5.26 Å². The number of hydrogen-bond acceptors (Lipinski definition) is 3. The SMILES string of the molecule is CCCN(CCC)CCCCNC(=S)Nc1ccc(C#N)cc1. The van der Waals surface area contributed by atoms with E-state index in [-0.39, 0.29) is 0 Å². The van der Waals surface area contributed by atoms with E-state index in [1.54, 1.807) is 12.1 Å². The smallest absolute Gasteiger partial charge is 0.170 e. The molecule has 0 aromatic heterocycles. The minimum absolute atomic E-state index is 0.633. The van der Waals surface area contributed by atoms with Gasteiger partial charge in [-0.1, -0.05) is 13.8 Å². The maximum absolute atomic E-state index is 8.77. The number of nitriles is 1. The third-order valence-corrected chi connectivity index (χ3v) is 3.78. The van der Waals surface area contributed by atoms with Crippen molar-refractivity contribution >= 4 is 23.0 Å². The fraction of sp³-hybridized carbons (Fsp3) is 0.556. The van der Waals surface area contributed by atoms with Crippen molar-refractivity contribution in [2.24, 2.45) is 0 Å². The number of rotatable bonds is 10. The summed E-state index contributed by atoms with van der Waals surface area (Å²) in [5, 5.41) is 15.8. The van der Waals surface area contributed by atoms with Gasteiger partial charge in [0, 0.05) is 12.2 Å². The minimum atomic E-state index is 0.633. The van der Waals surface area contributed by atoms with Crippen LogP contribution in [0.3, 0.4) is 0 Å². The van der Waals surface area contributed by atoms with Gasteiger partial charge in [0.05, 0.1) is 11.6 Å². The number of unbranched alkanes of at least 4 members (excludes halogenated alkanes) is 1. The van der Waals surface area contributed by atoms with E-state index in [2.05, 4.69) is 35.5 Å². The van der Waals surface area contributed by atoms with Crippen molar-refractivity contribution in [3.05, 3.63) is 29.8 Å². The molecule has 2 N–H and O–H groups in total. The summed E-state index contributed by atoms with van der Waals surface area (Å²) < 4.78 is 0. The molecule has 1 aromatic carbocycles. The zero-order valence-electron chi connectivity index (χ0n) is 14.3. The molecule has 0 bridgehead atoms. The van der Waals surface area contributed by atoms with Crippen molar-refractivity contribution < 1.29 is 0 Å². The van der Waals surface area contributed by atoms with Gasteiger partial charge in [-0.15, -0.1) is 0 Å². The first-order valence-corrected chi connectivity index (χ1v) is 8.87. The van der Waals surface area contributed by atoms with Gasteiger partial charge in [-0.05, 0) is 81.8 Å². The van der Waals surface area contributed by atoms with Crippen LogP contribution in [0.25, 0.3) is 0 Å². The summed E-state index contributed by atoms with van der Waals surface area (Å²) >= 11 is 5.28. The number of nitrogens with zero attached hydrogens (tertiary/aromatic N) is 2. The number of thiocarbonyl (C=S) groups is 1. The molecule has 0 radical (unpaired) electrons. The summed E-state index contributed by atoms with van der Waals surface area (Å²) in [5.41, 5.74) is 1.55. The summed E-state index contributed by atoms with van der Waals surface area (Å²) in [6.45, 7) is 8.90. The monoisotopic (exact) mass is 332 g/mol. The van der Waals surface area contributed by atoms with Gasteiger partial charge >= 0.3 is 0 Å². The van der Waals surface area contributed by atoms with Crippen LogP contribution in [-0.4, -0.2) is 36.2 Å². The zero-order valence-corrected chi connectivity index (χ0v) is 15.1. The van der Waals surface area contributed by atoms with Gasteiger partial charge in [-0.25, -0.2) is 0 Å². The van der Waals surface area contributed by atoms with Crippen LogP contribution in [-0.2, 0) is 0 Å². The molecule has 0 spiro atoms. The first-order valence-electron chi connectivity index (χ1n) is 8.47. The van der Waals surface area contributed by atoms with Crippen LogP contribution in [0.5, 0.6) is 0 Å². The molecule has 0 saturated carbocycles. The maximum atomic E-state index is 8.77. The summed E-state index contributed by atoms with van der Waals surface area (Å²) in [6.07, 6.45) is 4.74. The van der Waals surface area contributed by atoms with E-state index in [1.807, 2.05) is 12.1 Å². The normalized spacial score (nSPS) is 10.3. The van der Waals surface area contributed by atoms with Crippen LogP contribution in [0.1, 0.15) is 45.1 Å². The van der Waals surface area contributed by atoms with Gasteiger partial charge in [-0.3, -0.25) is 0 Å². The lowest BCUT2D eigenvalue weighted by molar-refractivity contribution is 0.269. The van der Waals surface area contributed by atoms with Crippen LogP contribution in [0.4, 0.5) is 5.69 Å². The second kappa shape index (κ2) is 11.9. The second-order valence-electron chi connectivity index (χ2n) is 5.62. The first kappa shape index (κ1) is 19.4. The molecule has 1 rings (SSSR count). The number of nitrogens with one attached hydrogen (secondary N) is 2. The Morgan fingerprint density at radius 2 is 1.74 bits per heavy atom. The molecule has 4 nitrogen and oxygen atoms in total. The predicted molar refractivity (Wildman–Crippen MR) is 102 cm³/mol. The summed E-state index contributed by atoms with van der Waals surface area (Å²) in [5.74, 6) is 0. The van der Waals surface area contributed by atoms with E-state index in [4.69, 9.17) is 17.5 Å². The molecule has 0 aliphatic carbocycles. The van der Waals surface area contributed by atoms with E-state index >= 15 is 0 Å². The molecular weight excluding hydrogens is 304 g/mol.